The lowest BCUT2D eigenvalue weighted by Gasteiger charge is -2.25. The number of ether oxygens (including phenoxy) is 1. The van der Waals surface area contributed by atoms with Crippen LogP contribution >= 0.6 is 0 Å². The summed E-state index contributed by atoms with van der Waals surface area (Å²) in [7, 11) is -3.79. The lowest BCUT2D eigenvalue weighted by Crippen LogP contribution is -2.32. The van der Waals surface area contributed by atoms with E-state index in [1.807, 2.05) is 42.2 Å². The molecular formula is C26H28N2O4S. The Morgan fingerprint density at radius 3 is 2.18 bits per heavy atom. The van der Waals surface area contributed by atoms with Gasteiger partial charge in [0.05, 0.1) is 17.1 Å². The summed E-state index contributed by atoms with van der Waals surface area (Å²) in [6.45, 7) is 3.67. The van der Waals surface area contributed by atoms with E-state index in [2.05, 4.69) is 0 Å². The number of carbonyl (C=O) groups excluding carboxylic acids is 1. The Kier molecular flexibility index (Phi) is 6.99. The molecule has 4 rings (SSSR count). The highest BCUT2D eigenvalue weighted by molar-refractivity contribution is 7.92. The smallest absolute Gasteiger partial charge is 0.264 e. The van der Waals surface area contributed by atoms with Crippen molar-refractivity contribution in [3.63, 3.8) is 0 Å². The molecule has 1 saturated heterocycles. The van der Waals surface area contributed by atoms with Gasteiger partial charge < -0.3 is 9.64 Å². The van der Waals surface area contributed by atoms with E-state index in [0.29, 0.717) is 11.4 Å². The molecule has 1 amide bonds. The molecule has 0 aromatic heterocycles. The van der Waals surface area contributed by atoms with Gasteiger partial charge >= 0.3 is 0 Å². The topological polar surface area (TPSA) is 66.9 Å². The Morgan fingerprint density at radius 2 is 1.55 bits per heavy atom. The summed E-state index contributed by atoms with van der Waals surface area (Å²) in [4.78, 5) is 14.3. The van der Waals surface area contributed by atoms with Crippen molar-refractivity contribution in [2.75, 3.05) is 24.0 Å². The fourth-order valence-corrected chi connectivity index (χ4v) is 5.27. The van der Waals surface area contributed by atoms with E-state index < -0.39 is 10.0 Å². The van der Waals surface area contributed by atoms with E-state index in [1.165, 1.54) is 4.31 Å². The number of amides is 1. The Labute approximate surface area is 195 Å². The summed E-state index contributed by atoms with van der Waals surface area (Å²) >= 11 is 0. The average molecular weight is 465 g/mol. The van der Waals surface area contributed by atoms with Gasteiger partial charge in [-0.2, -0.15) is 0 Å². The van der Waals surface area contributed by atoms with Crippen molar-refractivity contribution in [3.05, 3.63) is 90.0 Å². The molecule has 3 aromatic carbocycles. The van der Waals surface area contributed by atoms with Gasteiger partial charge in [0, 0.05) is 13.1 Å². The van der Waals surface area contributed by atoms with Crippen molar-refractivity contribution in [1.29, 1.82) is 0 Å². The maximum atomic E-state index is 13.5. The summed E-state index contributed by atoms with van der Waals surface area (Å²) in [5, 5.41) is 0. The van der Waals surface area contributed by atoms with Crippen LogP contribution < -0.4 is 9.04 Å². The normalized spacial score (nSPS) is 13.7. The second-order valence-corrected chi connectivity index (χ2v) is 10.0. The highest BCUT2D eigenvalue weighted by Gasteiger charge is 2.25. The number of anilines is 1. The maximum Gasteiger partial charge on any atom is 0.264 e. The molecule has 0 saturated carbocycles. The molecule has 0 radical (unpaired) electrons. The highest BCUT2D eigenvalue weighted by atomic mass is 32.2. The molecule has 1 aliphatic heterocycles. The van der Waals surface area contributed by atoms with Gasteiger partial charge in [-0.1, -0.05) is 48.0 Å². The number of benzene rings is 3. The van der Waals surface area contributed by atoms with Gasteiger partial charge in [0.15, 0.2) is 6.61 Å². The number of nitrogens with zero attached hydrogens (tertiary/aromatic N) is 2. The van der Waals surface area contributed by atoms with Crippen LogP contribution in [0.1, 0.15) is 24.0 Å². The molecule has 172 valence electrons. The number of hydrogen-bond donors (Lipinski definition) is 0. The van der Waals surface area contributed by atoms with Crippen molar-refractivity contribution in [3.8, 4) is 5.75 Å². The second kappa shape index (κ2) is 10.1. The van der Waals surface area contributed by atoms with Crippen LogP contribution in [-0.2, 0) is 21.4 Å². The predicted molar refractivity (Wildman–Crippen MR) is 129 cm³/mol. The molecule has 1 fully saturated rings. The van der Waals surface area contributed by atoms with Crippen LogP contribution in [0.15, 0.2) is 83.8 Å². The second-order valence-electron chi connectivity index (χ2n) is 8.18. The molecule has 1 heterocycles. The largest absolute Gasteiger partial charge is 0.484 e. The quantitative estimate of drug-likeness (QED) is 0.496. The molecule has 7 heteroatoms. The van der Waals surface area contributed by atoms with Gasteiger partial charge in [-0.25, -0.2) is 8.42 Å². The van der Waals surface area contributed by atoms with Crippen LogP contribution in [0, 0.1) is 6.92 Å². The molecule has 0 N–H and O–H groups in total. The number of rotatable bonds is 8. The van der Waals surface area contributed by atoms with Crippen LogP contribution in [0.5, 0.6) is 5.75 Å². The number of sulfonamides is 1. The summed E-state index contributed by atoms with van der Waals surface area (Å²) in [5.41, 5.74) is 2.40. The molecular weight excluding hydrogens is 436 g/mol. The van der Waals surface area contributed by atoms with E-state index in [1.54, 1.807) is 48.5 Å². The van der Waals surface area contributed by atoms with E-state index >= 15 is 0 Å². The number of likely N-dealkylation sites (tertiary alicyclic amines) is 1. The third kappa shape index (κ3) is 5.54. The minimum absolute atomic E-state index is 0.0191. The Balaban J connectivity index is 1.56. The minimum Gasteiger partial charge on any atom is -0.484 e. The lowest BCUT2D eigenvalue weighted by molar-refractivity contribution is -0.132. The summed E-state index contributed by atoms with van der Waals surface area (Å²) in [6.07, 6.45) is 2.07. The summed E-state index contributed by atoms with van der Waals surface area (Å²) < 4.78 is 34.1. The third-order valence-corrected chi connectivity index (χ3v) is 7.51. The SMILES string of the molecule is Cc1ccc(S(=O)(=O)N(Cc2ccccc2)c2ccc(OCC(=O)N3CCCC3)cc2)cc1. The molecule has 1 aliphatic rings. The molecule has 3 aromatic rings. The fraction of sp³-hybridized carbons (Fsp3) is 0.269. The van der Waals surface area contributed by atoms with Crippen molar-refractivity contribution in [1.82, 2.24) is 4.90 Å². The first-order valence-electron chi connectivity index (χ1n) is 11.1. The van der Waals surface area contributed by atoms with E-state index in [-0.39, 0.29) is 24.0 Å². The van der Waals surface area contributed by atoms with E-state index in [0.717, 1.165) is 37.1 Å². The Hall–Kier alpha value is -3.32. The van der Waals surface area contributed by atoms with Gasteiger partial charge in [0.2, 0.25) is 0 Å². The van der Waals surface area contributed by atoms with Gasteiger partial charge in [-0.3, -0.25) is 9.10 Å². The zero-order valence-corrected chi connectivity index (χ0v) is 19.5. The molecule has 6 nitrogen and oxygen atoms in total. The van der Waals surface area contributed by atoms with Gasteiger partial charge in [0.25, 0.3) is 15.9 Å². The minimum atomic E-state index is -3.79. The number of aryl methyl sites for hydroxylation is 1. The molecule has 0 bridgehead atoms. The molecule has 0 atom stereocenters. The predicted octanol–water partition coefficient (Wildman–Crippen LogP) is 4.39. The third-order valence-electron chi connectivity index (χ3n) is 5.72. The van der Waals surface area contributed by atoms with Crippen molar-refractivity contribution in [2.45, 2.75) is 31.2 Å². The first kappa shape index (κ1) is 22.9. The molecule has 0 unspecified atom stereocenters. The van der Waals surface area contributed by atoms with Crippen molar-refractivity contribution < 1.29 is 17.9 Å². The van der Waals surface area contributed by atoms with Gasteiger partial charge in [0.1, 0.15) is 5.75 Å². The molecule has 0 aliphatic carbocycles. The molecule has 33 heavy (non-hydrogen) atoms. The van der Waals surface area contributed by atoms with Crippen LogP contribution in [0.25, 0.3) is 0 Å². The average Bonchev–Trinajstić information content (AvgIpc) is 3.38. The zero-order chi connectivity index (χ0) is 23.3. The fourth-order valence-electron chi connectivity index (χ4n) is 3.81. The van der Waals surface area contributed by atoms with Crippen LogP contribution in [-0.4, -0.2) is 38.9 Å². The van der Waals surface area contributed by atoms with Crippen LogP contribution in [0.2, 0.25) is 0 Å². The van der Waals surface area contributed by atoms with E-state index in [9.17, 15) is 13.2 Å². The number of carbonyl (C=O) groups is 1. The van der Waals surface area contributed by atoms with Crippen molar-refractivity contribution >= 4 is 21.6 Å². The summed E-state index contributed by atoms with van der Waals surface area (Å²) in [6, 6.07) is 23.2. The maximum absolute atomic E-state index is 13.5. The standard InChI is InChI=1S/C26H28N2O4S/c1-21-9-15-25(16-10-21)33(30,31)28(19-22-7-3-2-4-8-22)23-11-13-24(14-12-23)32-20-26(29)27-17-5-6-18-27/h2-4,7-16H,5-6,17-20H2,1H3. The highest BCUT2D eigenvalue weighted by Crippen LogP contribution is 2.28. The van der Waals surface area contributed by atoms with Crippen LogP contribution in [0.3, 0.4) is 0 Å². The first-order valence-corrected chi connectivity index (χ1v) is 12.5. The monoisotopic (exact) mass is 464 g/mol. The Bertz CT molecular complexity index is 1170. The van der Waals surface area contributed by atoms with E-state index in [4.69, 9.17) is 4.74 Å². The van der Waals surface area contributed by atoms with Gasteiger partial charge in [-0.05, 0) is 61.7 Å². The zero-order valence-electron chi connectivity index (χ0n) is 18.7. The molecule has 0 spiro atoms. The first-order chi connectivity index (χ1) is 15.9. The Morgan fingerprint density at radius 1 is 0.909 bits per heavy atom. The van der Waals surface area contributed by atoms with Crippen molar-refractivity contribution in [2.24, 2.45) is 0 Å². The van der Waals surface area contributed by atoms with Gasteiger partial charge in [-0.15, -0.1) is 0 Å². The lowest BCUT2D eigenvalue weighted by atomic mass is 10.2. The van der Waals surface area contributed by atoms with Crippen LogP contribution in [0.4, 0.5) is 5.69 Å². The number of hydrogen-bond acceptors (Lipinski definition) is 4. The summed E-state index contributed by atoms with van der Waals surface area (Å²) in [5.74, 6) is 0.503.